The number of halogens is 2. The minimum atomic E-state index is -3.62. The first kappa shape index (κ1) is 24.3. The van der Waals surface area contributed by atoms with Gasteiger partial charge in [0.15, 0.2) is 11.0 Å². The quantitative estimate of drug-likeness (QED) is 0.312. The molecule has 1 aliphatic heterocycles. The van der Waals surface area contributed by atoms with Crippen LogP contribution in [0.1, 0.15) is 5.56 Å². The summed E-state index contributed by atoms with van der Waals surface area (Å²) in [7, 11) is -3.62. The minimum Gasteiger partial charge on any atom is -0.379 e. The van der Waals surface area contributed by atoms with Gasteiger partial charge < -0.3 is 4.74 Å². The molecular weight excluding hydrogens is 503 g/mol. The Morgan fingerprint density at radius 2 is 1.88 bits per heavy atom. The SMILES string of the molecule is C=CCn1c(SCc2ccc(Cl)c(Cl)c2)nnc1-c1cccc(S(=O)(=O)N2CCOCC2)c1. The summed E-state index contributed by atoms with van der Waals surface area (Å²) in [5, 5.41) is 10.4. The molecule has 11 heteroatoms. The highest BCUT2D eigenvalue weighted by molar-refractivity contribution is 7.98. The number of benzene rings is 2. The predicted octanol–water partition coefficient (Wildman–Crippen LogP) is 4.75. The van der Waals surface area contributed by atoms with E-state index < -0.39 is 10.0 Å². The topological polar surface area (TPSA) is 77.3 Å². The van der Waals surface area contributed by atoms with E-state index in [1.54, 1.807) is 30.3 Å². The number of hydrogen-bond acceptors (Lipinski definition) is 6. The van der Waals surface area contributed by atoms with Gasteiger partial charge in [-0.05, 0) is 29.8 Å². The third-order valence-electron chi connectivity index (χ3n) is 5.08. The number of nitrogens with zero attached hydrogens (tertiary/aromatic N) is 4. The molecule has 33 heavy (non-hydrogen) atoms. The maximum Gasteiger partial charge on any atom is 0.243 e. The standard InChI is InChI=1S/C22H22Cl2N4O3S2/c1-2-8-28-21(25-26-22(28)32-15-16-6-7-19(23)20(24)13-16)17-4-3-5-18(14-17)33(29,30)27-9-11-31-12-10-27/h2-7,13-14H,1,8-12,15H2. The van der Waals surface area contributed by atoms with Gasteiger partial charge in [0.2, 0.25) is 10.0 Å². The molecule has 0 spiro atoms. The summed E-state index contributed by atoms with van der Waals surface area (Å²) in [4.78, 5) is 0.222. The number of sulfonamides is 1. The van der Waals surface area contributed by atoms with Gasteiger partial charge in [0.1, 0.15) is 0 Å². The number of allylic oxidation sites excluding steroid dienone is 1. The lowest BCUT2D eigenvalue weighted by Crippen LogP contribution is -2.40. The van der Waals surface area contributed by atoms with E-state index in [-0.39, 0.29) is 4.90 Å². The monoisotopic (exact) mass is 524 g/mol. The fraction of sp³-hybridized carbons (Fsp3) is 0.273. The van der Waals surface area contributed by atoms with Crippen LogP contribution in [0.5, 0.6) is 0 Å². The van der Waals surface area contributed by atoms with Crippen molar-refractivity contribution >= 4 is 45.0 Å². The van der Waals surface area contributed by atoms with Gasteiger partial charge in [-0.3, -0.25) is 4.57 Å². The van der Waals surface area contributed by atoms with E-state index in [0.29, 0.717) is 65.2 Å². The lowest BCUT2D eigenvalue weighted by molar-refractivity contribution is 0.0730. The van der Waals surface area contributed by atoms with Crippen molar-refractivity contribution in [3.63, 3.8) is 0 Å². The Labute approximate surface area is 207 Å². The van der Waals surface area contributed by atoms with Gasteiger partial charge in [-0.1, -0.05) is 59.2 Å². The van der Waals surface area contributed by atoms with E-state index in [1.807, 2.05) is 22.8 Å². The molecule has 3 aromatic rings. The molecule has 0 unspecified atom stereocenters. The molecule has 0 saturated carbocycles. The normalized spacial score (nSPS) is 15.0. The maximum absolute atomic E-state index is 13.1. The Balaban J connectivity index is 1.61. The molecule has 1 aromatic heterocycles. The van der Waals surface area contributed by atoms with Crippen LogP contribution in [0.15, 0.2) is 65.2 Å². The lowest BCUT2D eigenvalue weighted by Gasteiger charge is -2.26. The summed E-state index contributed by atoms with van der Waals surface area (Å²) in [5.74, 6) is 1.20. The fourth-order valence-electron chi connectivity index (χ4n) is 3.41. The van der Waals surface area contributed by atoms with Crippen molar-refractivity contribution in [3.05, 3.63) is 70.7 Å². The molecule has 174 valence electrons. The third-order valence-corrected chi connectivity index (χ3v) is 8.75. The molecule has 0 atom stereocenters. The molecule has 0 bridgehead atoms. The highest BCUT2D eigenvalue weighted by Crippen LogP contribution is 2.30. The Hall–Kier alpha value is -1.88. The Morgan fingerprint density at radius 3 is 2.61 bits per heavy atom. The summed E-state index contributed by atoms with van der Waals surface area (Å²) >= 11 is 13.6. The van der Waals surface area contributed by atoms with E-state index in [2.05, 4.69) is 16.8 Å². The van der Waals surface area contributed by atoms with Crippen LogP contribution >= 0.6 is 35.0 Å². The van der Waals surface area contributed by atoms with Crippen molar-refractivity contribution < 1.29 is 13.2 Å². The molecule has 2 aromatic carbocycles. The van der Waals surface area contributed by atoms with Crippen LogP contribution in [0, 0.1) is 0 Å². The number of morpholine rings is 1. The van der Waals surface area contributed by atoms with Crippen molar-refractivity contribution in [3.8, 4) is 11.4 Å². The van der Waals surface area contributed by atoms with Gasteiger partial charge in [-0.15, -0.1) is 16.8 Å². The van der Waals surface area contributed by atoms with Gasteiger partial charge in [0.25, 0.3) is 0 Å². The largest absolute Gasteiger partial charge is 0.379 e. The average molecular weight is 525 g/mol. The van der Waals surface area contributed by atoms with Gasteiger partial charge >= 0.3 is 0 Å². The van der Waals surface area contributed by atoms with Gasteiger partial charge in [0, 0.05) is 31.0 Å². The van der Waals surface area contributed by atoms with Gasteiger partial charge in [0.05, 0.1) is 28.2 Å². The summed E-state index contributed by atoms with van der Waals surface area (Å²) in [6, 6.07) is 12.3. The smallest absolute Gasteiger partial charge is 0.243 e. The number of thioether (sulfide) groups is 1. The molecule has 0 aliphatic carbocycles. The van der Waals surface area contributed by atoms with Crippen LogP contribution in [0.4, 0.5) is 0 Å². The van der Waals surface area contributed by atoms with Crippen LogP contribution < -0.4 is 0 Å². The number of ether oxygens (including phenoxy) is 1. The number of rotatable bonds is 8. The molecule has 1 saturated heterocycles. The number of aromatic nitrogens is 3. The minimum absolute atomic E-state index is 0.222. The highest BCUT2D eigenvalue weighted by atomic mass is 35.5. The maximum atomic E-state index is 13.1. The summed E-state index contributed by atoms with van der Waals surface area (Å²) in [6.45, 7) is 5.79. The van der Waals surface area contributed by atoms with E-state index in [4.69, 9.17) is 27.9 Å². The first-order chi connectivity index (χ1) is 15.9. The van der Waals surface area contributed by atoms with E-state index in [9.17, 15) is 8.42 Å². The van der Waals surface area contributed by atoms with E-state index in [1.165, 1.54) is 16.1 Å². The predicted molar refractivity (Wildman–Crippen MR) is 131 cm³/mol. The zero-order valence-corrected chi connectivity index (χ0v) is 20.8. The van der Waals surface area contributed by atoms with Crippen LogP contribution in [-0.4, -0.2) is 53.8 Å². The van der Waals surface area contributed by atoms with Crippen molar-refractivity contribution in [1.82, 2.24) is 19.1 Å². The Kier molecular flexibility index (Phi) is 7.78. The second-order valence-electron chi connectivity index (χ2n) is 7.29. The molecular formula is C22H22Cl2N4O3S2. The van der Waals surface area contributed by atoms with Crippen molar-refractivity contribution in [1.29, 1.82) is 0 Å². The molecule has 4 rings (SSSR count). The molecule has 2 heterocycles. The van der Waals surface area contributed by atoms with E-state index >= 15 is 0 Å². The summed E-state index contributed by atoms with van der Waals surface area (Å²) in [6.07, 6.45) is 1.75. The second kappa shape index (κ2) is 10.6. The first-order valence-electron chi connectivity index (χ1n) is 10.2. The highest BCUT2D eigenvalue weighted by Gasteiger charge is 2.27. The molecule has 1 fully saturated rings. The van der Waals surface area contributed by atoms with Crippen molar-refractivity contribution in [2.24, 2.45) is 0 Å². The summed E-state index contributed by atoms with van der Waals surface area (Å²) < 4.78 is 34.8. The third kappa shape index (κ3) is 5.45. The molecule has 1 aliphatic rings. The van der Waals surface area contributed by atoms with Gasteiger partial charge in [-0.2, -0.15) is 4.31 Å². The van der Waals surface area contributed by atoms with Crippen molar-refractivity contribution in [2.75, 3.05) is 26.3 Å². The lowest BCUT2D eigenvalue weighted by atomic mass is 10.2. The molecule has 0 amide bonds. The molecule has 7 nitrogen and oxygen atoms in total. The fourth-order valence-corrected chi connectivity index (χ4v) is 6.08. The first-order valence-corrected chi connectivity index (χ1v) is 13.4. The summed E-state index contributed by atoms with van der Waals surface area (Å²) in [5.41, 5.74) is 1.67. The van der Waals surface area contributed by atoms with E-state index in [0.717, 1.165) is 5.56 Å². The molecule has 0 radical (unpaired) electrons. The average Bonchev–Trinajstić information content (AvgIpc) is 3.23. The van der Waals surface area contributed by atoms with Gasteiger partial charge in [-0.25, -0.2) is 8.42 Å². The van der Waals surface area contributed by atoms with Crippen LogP contribution in [-0.2, 0) is 27.1 Å². The zero-order chi connectivity index (χ0) is 23.4. The second-order valence-corrected chi connectivity index (χ2v) is 11.0. The van der Waals surface area contributed by atoms with Crippen LogP contribution in [0.3, 0.4) is 0 Å². The number of hydrogen-bond donors (Lipinski definition) is 0. The van der Waals surface area contributed by atoms with Crippen LogP contribution in [0.2, 0.25) is 10.0 Å². The van der Waals surface area contributed by atoms with Crippen LogP contribution in [0.25, 0.3) is 11.4 Å². The molecule has 0 N–H and O–H groups in total. The Morgan fingerprint density at radius 1 is 1.09 bits per heavy atom. The Bertz CT molecular complexity index is 1260. The van der Waals surface area contributed by atoms with Crippen molar-refractivity contribution in [2.45, 2.75) is 22.3 Å². The zero-order valence-electron chi connectivity index (χ0n) is 17.7.